The summed E-state index contributed by atoms with van der Waals surface area (Å²) in [5.41, 5.74) is -4.14. The Morgan fingerprint density at radius 1 is 0.448 bits per heavy atom. The Balaban J connectivity index is 1.57. The second-order valence-corrected chi connectivity index (χ2v) is 21.3. The summed E-state index contributed by atoms with van der Waals surface area (Å²) < 4.78 is 93.6. The van der Waals surface area contributed by atoms with Gasteiger partial charge in [-0.25, -0.2) is 39.6 Å². The predicted octanol–water partition coefficient (Wildman–Crippen LogP) is 4.22. The third-order valence-electron chi connectivity index (χ3n) is 8.12. The van der Waals surface area contributed by atoms with Crippen molar-refractivity contribution in [1.82, 2.24) is 20.9 Å². The van der Waals surface area contributed by atoms with Gasteiger partial charge in [0.05, 0.1) is 31.9 Å². The van der Waals surface area contributed by atoms with Crippen molar-refractivity contribution in [2.45, 2.75) is 73.0 Å². The highest BCUT2D eigenvalue weighted by Gasteiger charge is 2.33. The molecule has 0 aliphatic heterocycles. The number of sulfone groups is 3. The fraction of sp³-hybridized carbons (Fsp3) is 0.462. The van der Waals surface area contributed by atoms with Gasteiger partial charge in [-0.15, -0.1) is 0 Å². The molecule has 0 unspecified atom stereocenters. The van der Waals surface area contributed by atoms with Gasteiger partial charge in [0.1, 0.15) is 16.8 Å². The molecule has 3 N–H and O–H groups in total. The van der Waals surface area contributed by atoms with E-state index in [9.17, 15) is 39.6 Å². The Hall–Kier alpha value is -4.72. The van der Waals surface area contributed by atoms with E-state index >= 15 is 0 Å². The summed E-state index contributed by atoms with van der Waals surface area (Å²) in [6, 6.07) is 23.4. The molecule has 16 nitrogen and oxygen atoms in total. The topological polar surface area (TPSA) is 221 Å². The normalized spacial score (nSPS) is 12.7. The summed E-state index contributed by atoms with van der Waals surface area (Å²) in [7, 11) is -11.3. The van der Waals surface area contributed by atoms with Crippen molar-refractivity contribution >= 4 is 47.8 Å². The van der Waals surface area contributed by atoms with Gasteiger partial charge >= 0.3 is 18.3 Å². The molecule has 0 heterocycles. The average molecular weight is 867 g/mol. The van der Waals surface area contributed by atoms with Crippen molar-refractivity contribution in [3.8, 4) is 0 Å². The first kappa shape index (κ1) is 47.7. The molecule has 0 bridgehead atoms. The standard InChI is InChI=1S/C39H54N4O12S3/c1-37(2,28-56(47,48)31-16-10-7-11-17-31)53-34(44)40-22-25-43(26-23-41-35(45)54-38(3,4)29-57(49,50)32-18-12-8-13-19-32)27-24-42-36(46)55-39(5,6)30-58(51,52)33-20-14-9-15-21-33/h7-21H,22-30H2,1-6H3,(H,40,44)(H,41,45)(H,42,46). The Bertz CT molecular complexity index is 1900. The number of rotatable bonds is 21. The molecular weight excluding hydrogens is 813 g/mol. The van der Waals surface area contributed by atoms with Crippen molar-refractivity contribution in [2.24, 2.45) is 0 Å². The molecule has 19 heteroatoms. The zero-order valence-electron chi connectivity index (χ0n) is 33.6. The smallest absolute Gasteiger partial charge is 0.407 e. The highest BCUT2D eigenvalue weighted by molar-refractivity contribution is 7.92. The van der Waals surface area contributed by atoms with Crippen LogP contribution in [0.15, 0.2) is 106 Å². The van der Waals surface area contributed by atoms with Crippen molar-refractivity contribution in [3.05, 3.63) is 91.0 Å². The minimum atomic E-state index is -3.76. The molecule has 0 aliphatic rings. The summed E-state index contributed by atoms with van der Waals surface area (Å²) in [6.07, 6.45) is -2.59. The van der Waals surface area contributed by atoms with Crippen LogP contribution in [0.4, 0.5) is 14.4 Å². The maximum atomic E-state index is 12.9. The van der Waals surface area contributed by atoms with Gasteiger partial charge < -0.3 is 30.2 Å². The van der Waals surface area contributed by atoms with Crippen molar-refractivity contribution in [3.63, 3.8) is 0 Å². The molecule has 3 rings (SSSR count). The molecule has 3 aromatic rings. The second kappa shape index (κ2) is 20.3. The summed E-state index contributed by atoms with van der Waals surface area (Å²) in [5, 5.41) is 7.77. The predicted molar refractivity (Wildman–Crippen MR) is 218 cm³/mol. The zero-order valence-corrected chi connectivity index (χ0v) is 36.0. The Labute approximate surface area is 341 Å². The Morgan fingerprint density at radius 2 is 0.672 bits per heavy atom. The first-order chi connectivity index (χ1) is 26.9. The number of nitrogens with one attached hydrogen (secondary N) is 3. The minimum absolute atomic E-state index is 0.0179. The van der Waals surface area contributed by atoms with E-state index < -0.39 is 81.9 Å². The summed E-state index contributed by atoms with van der Waals surface area (Å²) in [6.45, 7) is 9.44. The number of alkyl carbamates (subject to hydrolysis) is 3. The van der Waals surface area contributed by atoms with E-state index in [0.29, 0.717) is 0 Å². The van der Waals surface area contributed by atoms with Crippen LogP contribution < -0.4 is 16.0 Å². The Kier molecular flexibility index (Phi) is 16.7. The van der Waals surface area contributed by atoms with Crippen molar-refractivity contribution in [1.29, 1.82) is 0 Å². The lowest BCUT2D eigenvalue weighted by Crippen LogP contribution is -2.46. The van der Waals surface area contributed by atoms with Gasteiger partial charge in [0.15, 0.2) is 29.5 Å². The zero-order chi connectivity index (χ0) is 43.3. The summed E-state index contributed by atoms with van der Waals surface area (Å²) in [5.74, 6) is -1.38. The van der Waals surface area contributed by atoms with Gasteiger partial charge in [-0.05, 0) is 77.9 Å². The van der Waals surface area contributed by atoms with Crippen LogP contribution in [0.3, 0.4) is 0 Å². The number of nitrogens with zero attached hydrogens (tertiary/aromatic N) is 1. The molecule has 0 saturated carbocycles. The molecule has 3 amide bonds. The van der Waals surface area contributed by atoms with E-state index in [4.69, 9.17) is 14.2 Å². The van der Waals surface area contributed by atoms with E-state index in [1.807, 2.05) is 0 Å². The van der Waals surface area contributed by atoms with E-state index in [-0.39, 0.29) is 54.0 Å². The largest absolute Gasteiger partial charge is 0.442 e. The van der Waals surface area contributed by atoms with Crippen LogP contribution in [0, 0.1) is 0 Å². The van der Waals surface area contributed by atoms with Crippen LogP contribution in [-0.4, -0.2) is 122 Å². The molecule has 0 radical (unpaired) electrons. The quantitative estimate of drug-likeness (QED) is 0.128. The number of benzene rings is 3. The lowest BCUT2D eigenvalue weighted by atomic mass is 10.2. The molecule has 3 aromatic carbocycles. The fourth-order valence-electron chi connectivity index (χ4n) is 5.74. The lowest BCUT2D eigenvalue weighted by Gasteiger charge is -2.27. The minimum Gasteiger partial charge on any atom is -0.442 e. The van der Waals surface area contributed by atoms with Crippen LogP contribution in [0.5, 0.6) is 0 Å². The van der Waals surface area contributed by atoms with Gasteiger partial charge in [-0.2, -0.15) is 0 Å². The monoisotopic (exact) mass is 866 g/mol. The maximum absolute atomic E-state index is 12.9. The summed E-state index contributed by atoms with van der Waals surface area (Å²) in [4.78, 5) is 40.3. The van der Waals surface area contributed by atoms with Gasteiger partial charge in [-0.1, -0.05) is 54.6 Å². The Morgan fingerprint density at radius 3 is 0.897 bits per heavy atom. The van der Waals surface area contributed by atoms with E-state index in [1.54, 1.807) is 59.5 Å². The number of hydrogen-bond donors (Lipinski definition) is 3. The highest BCUT2D eigenvalue weighted by atomic mass is 32.2. The lowest BCUT2D eigenvalue weighted by molar-refractivity contribution is 0.0541. The molecule has 58 heavy (non-hydrogen) atoms. The van der Waals surface area contributed by atoms with Crippen molar-refractivity contribution < 1.29 is 53.8 Å². The van der Waals surface area contributed by atoms with Gasteiger partial charge in [0.2, 0.25) is 0 Å². The second-order valence-electron chi connectivity index (χ2n) is 15.3. The molecule has 0 aliphatic carbocycles. The van der Waals surface area contributed by atoms with Crippen LogP contribution in [0.1, 0.15) is 41.5 Å². The van der Waals surface area contributed by atoms with E-state index in [1.165, 1.54) is 77.9 Å². The highest BCUT2D eigenvalue weighted by Crippen LogP contribution is 2.22. The van der Waals surface area contributed by atoms with Crippen LogP contribution in [-0.2, 0) is 43.7 Å². The van der Waals surface area contributed by atoms with Gasteiger partial charge in [0, 0.05) is 39.3 Å². The third-order valence-corrected chi connectivity index (χ3v) is 14.3. The third kappa shape index (κ3) is 16.6. The number of hydrogen-bond acceptors (Lipinski definition) is 13. The first-order valence-corrected chi connectivity index (χ1v) is 23.3. The van der Waals surface area contributed by atoms with Gasteiger partial charge in [0.25, 0.3) is 0 Å². The summed E-state index contributed by atoms with van der Waals surface area (Å²) >= 11 is 0. The molecule has 0 atom stereocenters. The van der Waals surface area contributed by atoms with E-state index in [0.717, 1.165) is 0 Å². The molecule has 0 fully saturated rings. The molecule has 0 saturated heterocycles. The SMILES string of the molecule is CC(C)(CS(=O)(=O)c1ccccc1)OC(=O)NCCN(CCNC(=O)OC(C)(C)CS(=O)(=O)c1ccccc1)CCNC(=O)OC(C)(C)CS(=O)(=O)c1ccccc1. The number of carbonyl (C=O) groups is 3. The van der Waals surface area contributed by atoms with Gasteiger partial charge in [-0.3, -0.25) is 4.90 Å². The molecular formula is C39H54N4O12S3. The van der Waals surface area contributed by atoms with Crippen LogP contribution in [0.2, 0.25) is 0 Å². The van der Waals surface area contributed by atoms with E-state index in [2.05, 4.69) is 16.0 Å². The van der Waals surface area contributed by atoms with Crippen LogP contribution in [0.25, 0.3) is 0 Å². The molecule has 0 spiro atoms. The number of amides is 3. The first-order valence-electron chi connectivity index (χ1n) is 18.4. The van der Waals surface area contributed by atoms with Crippen LogP contribution >= 0.6 is 0 Å². The molecule has 0 aromatic heterocycles. The average Bonchev–Trinajstić information content (AvgIpc) is 3.10. The van der Waals surface area contributed by atoms with Crippen molar-refractivity contribution in [2.75, 3.05) is 56.5 Å². The number of ether oxygens (including phenoxy) is 3. The maximum Gasteiger partial charge on any atom is 0.407 e. The number of carbonyl (C=O) groups excluding carboxylic acids is 3. The fourth-order valence-corrected chi connectivity index (χ4v) is 10.9. The molecule has 320 valence electrons.